The molecule has 2 atom stereocenters. The van der Waals surface area contributed by atoms with Crippen molar-refractivity contribution in [3.05, 3.63) is 53.6 Å². The summed E-state index contributed by atoms with van der Waals surface area (Å²) < 4.78 is 10.9. The molecule has 2 saturated heterocycles. The SMILES string of the molecule is CCc1ccc(NC2NNNC2C(=O)N2CCN(Cc3ccc4c(c3)OCO4)CC2)cc1. The number of ether oxygens (including phenoxy) is 2. The van der Waals surface area contributed by atoms with Crippen molar-refractivity contribution in [2.45, 2.75) is 32.1 Å². The van der Waals surface area contributed by atoms with Crippen LogP contribution < -0.4 is 31.2 Å². The number of hydrogen-bond donors (Lipinski definition) is 4. The Labute approximate surface area is 188 Å². The summed E-state index contributed by atoms with van der Waals surface area (Å²) in [5.41, 5.74) is 12.6. The molecular weight excluding hydrogens is 408 g/mol. The third-order valence-electron chi connectivity index (χ3n) is 6.27. The second-order valence-electron chi connectivity index (χ2n) is 8.35. The molecule has 1 amide bonds. The fraction of sp³-hybridized carbons (Fsp3) is 0.435. The van der Waals surface area contributed by atoms with Gasteiger partial charge < -0.3 is 19.7 Å². The summed E-state index contributed by atoms with van der Waals surface area (Å²) in [6, 6.07) is 14.0. The smallest absolute Gasteiger partial charge is 0.244 e. The van der Waals surface area contributed by atoms with E-state index < -0.39 is 0 Å². The zero-order valence-corrected chi connectivity index (χ0v) is 18.3. The van der Waals surface area contributed by atoms with E-state index in [1.54, 1.807) is 0 Å². The summed E-state index contributed by atoms with van der Waals surface area (Å²) in [5, 5.41) is 3.41. The Kier molecular flexibility index (Phi) is 6.13. The van der Waals surface area contributed by atoms with Crippen molar-refractivity contribution < 1.29 is 14.3 Å². The molecule has 0 spiro atoms. The van der Waals surface area contributed by atoms with Gasteiger partial charge in [0, 0.05) is 38.4 Å². The van der Waals surface area contributed by atoms with E-state index in [2.05, 4.69) is 63.9 Å². The molecule has 4 N–H and O–H groups in total. The molecule has 0 aliphatic carbocycles. The van der Waals surface area contributed by atoms with Gasteiger partial charge in [-0.3, -0.25) is 9.69 Å². The lowest BCUT2D eigenvalue weighted by atomic mass is 10.1. The number of carbonyl (C=O) groups is 1. The number of benzene rings is 2. The van der Waals surface area contributed by atoms with Gasteiger partial charge in [-0.25, -0.2) is 10.9 Å². The number of amides is 1. The highest BCUT2D eigenvalue weighted by atomic mass is 16.7. The highest BCUT2D eigenvalue weighted by Gasteiger charge is 2.36. The lowest BCUT2D eigenvalue weighted by Gasteiger charge is -2.36. The first-order valence-corrected chi connectivity index (χ1v) is 11.2. The molecule has 5 rings (SSSR count). The number of hydrazine groups is 2. The molecule has 0 aromatic heterocycles. The van der Waals surface area contributed by atoms with Gasteiger partial charge in [0.25, 0.3) is 0 Å². The van der Waals surface area contributed by atoms with Crippen LogP contribution in [0, 0.1) is 0 Å². The van der Waals surface area contributed by atoms with Crippen molar-refractivity contribution in [3.63, 3.8) is 0 Å². The maximum Gasteiger partial charge on any atom is 0.244 e. The molecule has 2 aromatic rings. The molecular formula is C23H30N6O3. The quantitative estimate of drug-likeness (QED) is 0.532. The van der Waals surface area contributed by atoms with Crippen molar-refractivity contribution >= 4 is 11.6 Å². The van der Waals surface area contributed by atoms with Crippen LogP contribution in [0.25, 0.3) is 0 Å². The maximum atomic E-state index is 13.2. The average Bonchev–Trinajstić information content (AvgIpc) is 3.49. The van der Waals surface area contributed by atoms with Crippen LogP contribution in [0.15, 0.2) is 42.5 Å². The van der Waals surface area contributed by atoms with Crippen LogP contribution in [0.2, 0.25) is 0 Å². The molecule has 0 saturated carbocycles. The van der Waals surface area contributed by atoms with Gasteiger partial charge in [-0.05, 0) is 41.8 Å². The molecule has 0 radical (unpaired) electrons. The van der Waals surface area contributed by atoms with Crippen LogP contribution in [0.3, 0.4) is 0 Å². The highest BCUT2D eigenvalue weighted by Crippen LogP contribution is 2.32. The van der Waals surface area contributed by atoms with E-state index in [1.165, 1.54) is 11.1 Å². The van der Waals surface area contributed by atoms with Gasteiger partial charge in [0.2, 0.25) is 12.7 Å². The molecule has 170 valence electrons. The Hall–Kier alpha value is -2.85. The van der Waals surface area contributed by atoms with Gasteiger partial charge in [0.1, 0.15) is 12.2 Å². The summed E-state index contributed by atoms with van der Waals surface area (Å²) in [4.78, 5) is 17.5. The van der Waals surface area contributed by atoms with Crippen LogP contribution in [0.1, 0.15) is 18.1 Å². The van der Waals surface area contributed by atoms with Gasteiger partial charge in [-0.15, -0.1) is 0 Å². The second-order valence-corrected chi connectivity index (χ2v) is 8.35. The van der Waals surface area contributed by atoms with Crippen molar-refractivity contribution in [2.24, 2.45) is 0 Å². The minimum atomic E-state index is -0.388. The number of fused-ring (bicyclic) bond motifs is 1. The second kappa shape index (κ2) is 9.33. The van der Waals surface area contributed by atoms with Gasteiger partial charge in [0.05, 0.1) is 0 Å². The number of aryl methyl sites for hydroxylation is 1. The number of piperazine rings is 1. The maximum absolute atomic E-state index is 13.2. The Bertz CT molecular complexity index is 945. The number of anilines is 1. The van der Waals surface area contributed by atoms with Crippen LogP contribution in [-0.2, 0) is 17.8 Å². The fourth-order valence-corrected chi connectivity index (χ4v) is 4.32. The zero-order valence-electron chi connectivity index (χ0n) is 18.3. The largest absolute Gasteiger partial charge is 0.454 e. The lowest BCUT2D eigenvalue weighted by Crippen LogP contribution is -2.56. The Morgan fingerprint density at radius 2 is 1.75 bits per heavy atom. The van der Waals surface area contributed by atoms with E-state index >= 15 is 0 Å². The summed E-state index contributed by atoms with van der Waals surface area (Å²) in [6.07, 6.45) is 0.772. The van der Waals surface area contributed by atoms with E-state index in [-0.39, 0.29) is 18.1 Å². The number of nitrogens with one attached hydrogen (secondary N) is 4. The van der Waals surface area contributed by atoms with Gasteiger partial charge in [0.15, 0.2) is 11.5 Å². The Balaban J connectivity index is 1.14. The summed E-state index contributed by atoms with van der Waals surface area (Å²) in [6.45, 7) is 6.35. The standard InChI is InChI=1S/C23H30N6O3/c1-2-16-3-6-18(7-4-16)24-22-21(25-27-26-22)23(30)29-11-9-28(10-12-29)14-17-5-8-19-20(13-17)32-15-31-19/h3-8,13,21-22,24-27H,2,9-12,14-15H2,1H3. The molecule has 9 heteroatoms. The Morgan fingerprint density at radius 3 is 2.53 bits per heavy atom. The number of nitrogens with zero attached hydrogens (tertiary/aromatic N) is 2. The first-order chi connectivity index (χ1) is 15.7. The van der Waals surface area contributed by atoms with E-state index in [9.17, 15) is 4.79 Å². The first-order valence-electron chi connectivity index (χ1n) is 11.2. The summed E-state index contributed by atoms with van der Waals surface area (Å²) in [7, 11) is 0. The van der Waals surface area contributed by atoms with Gasteiger partial charge >= 0.3 is 0 Å². The lowest BCUT2D eigenvalue weighted by molar-refractivity contribution is -0.135. The van der Waals surface area contributed by atoms with E-state index in [0.717, 1.165) is 43.2 Å². The molecule has 0 bridgehead atoms. The van der Waals surface area contributed by atoms with Crippen LogP contribution in [0.5, 0.6) is 11.5 Å². The summed E-state index contributed by atoms with van der Waals surface area (Å²) >= 11 is 0. The van der Waals surface area contributed by atoms with Crippen molar-refractivity contribution in [2.75, 3.05) is 38.3 Å². The van der Waals surface area contributed by atoms with Crippen molar-refractivity contribution in [1.29, 1.82) is 0 Å². The topological polar surface area (TPSA) is 90.1 Å². The number of carbonyl (C=O) groups excluding carboxylic acids is 1. The molecule has 2 fully saturated rings. The monoisotopic (exact) mass is 438 g/mol. The van der Waals surface area contributed by atoms with Crippen molar-refractivity contribution in [3.8, 4) is 11.5 Å². The third kappa shape index (κ3) is 4.51. The molecule has 2 unspecified atom stereocenters. The predicted octanol–water partition coefficient (Wildman–Crippen LogP) is 1.04. The van der Waals surface area contributed by atoms with Crippen molar-refractivity contribution in [1.82, 2.24) is 26.2 Å². The van der Waals surface area contributed by atoms with E-state index in [0.29, 0.717) is 19.9 Å². The third-order valence-corrected chi connectivity index (χ3v) is 6.27. The number of hydrogen-bond acceptors (Lipinski definition) is 8. The fourth-order valence-electron chi connectivity index (χ4n) is 4.32. The summed E-state index contributed by atoms with van der Waals surface area (Å²) in [5.74, 6) is 1.71. The number of rotatable bonds is 6. The highest BCUT2D eigenvalue weighted by molar-refractivity contribution is 5.83. The van der Waals surface area contributed by atoms with E-state index in [1.807, 2.05) is 17.0 Å². The molecule has 2 aromatic carbocycles. The predicted molar refractivity (Wildman–Crippen MR) is 121 cm³/mol. The average molecular weight is 439 g/mol. The normalized spacial score (nSPS) is 22.8. The molecule has 3 aliphatic heterocycles. The minimum absolute atomic E-state index is 0.0907. The van der Waals surface area contributed by atoms with Gasteiger partial charge in [-0.2, -0.15) is 5.53 Å². The first kappa shape index (κ1) is 21.0. The Morgan fingerprint density at radius 1 is 1.00 bits per heavy atom. The van der Waals surface area contributed by atoms with E-state index in [4.69, 9.17) is 9.47 Å². The zero-order chi connectivity index (χ0) is 21.9. The van der Waals surface area contributed by atoms with Crippen LogP contribution >= 0.6 is 0 Å². The van der Waals surface area contributed by atoms with Crippen LogP contribution in [-0.4, -0.2) is 60.9 Å². The molecule has 3 heterocycles. The molecule has 3 aliphatic rings. The molecule has 32 heavy (non-hydrogen) atoms. The van der Waals surface area contributed by atoms with Gasteiger partial charge in [-0.1, -0.05) is 25.1 Å². The molecule has 9 nitrogen and oxygen atoms in total. The minimum Gasteiger partial charge on any atom is -0.454 e. The van der Waals surface area contributed by atoms with Crippen LogP contribution in [0.4, 0.5) is 5.69 Å².